The molecule has 3 nitrogen and oxygen atoms in total. The predicted octanol–water partition coefficient (Wildman–Crippen LogP) is 11.0. The van der Waals surface area contributed by atoms with Gasteiger partial charge in [0.25, 0.3) is 0 Å². The van der Waals surface area contributed by atoms with E-state index in [1.54, 1.807) is 0 Å². The normalized spacial score (nSPS) is 12.2. The summed E-state index contributed by atoms with van der Waals surface area (Å²) in [5, 5.41) is 0. The molecule has 0 bridgehead atoms. The Morgan fingerprint density at radius 3 is 0.894 bits per heavy atom. The van der Waals surface area contributed by atoms with Crippen LogP contribution in [0.2, 0.25) is 17.7 Å². The van der Waals surface area contributed by atoms with Crippen molar-refractivity contribution in [1.29, 1.82) is 0 Å². The van der Waals surface area contributed by atoms with Crippen molar-refractivity contribution in [3.05, 3.63) is 144 Å². The maximum absolute atomic E-state index is 8.05. The Kier molecular flexibility index (Phi) is 16.9. The molecule has 0 N–H and O–H groups in total. The molecule has 0 atom stereocenters. The van der Waals surface area contributed by atoms with Gasteiger partial charge in [0, 0.05) is 0 Å². The molecule has 0 unspecified atom stereocenters. The zero-order valence-electron chi connectivity index (χ0n) is 29.4. The van der Waals surface area contributed by atoms with Gasteiger partial charge in [-0.2, -0.15) is 0 Å². The number of hydrogen-bond donors (Lipinski definition) is 0. The summed E-state index contributed by atoms with van der Waals surface area (Å²) in [7, 11) is 0. The molecule has 4 aromatic carbocycles. The number of rotatable bonds is 22. The van der Waals surface area contributed by atoms with Gasteiger partial charge in [0.05, 0.1) is 0 Å². The zero-order chi connectivity index (χ0) is 33.2. The van der Waals surface area contributed by atoms with Gasteiger partial charge in [-0.05, 0) is 0 Å². The van der Waals surface area contributed by atoms with Crippen molar-refractivity contribution in [3.8, 4) is 0 Å². The van der Waals surface area contributed by atoms with Crippen LogP contribution in [0.1, 0.15) is 62.8 Å². The molecule has 0 saturated carbocycles. The third-order valence-electron chi connectivity index (χ3n) is 9.04. The fraction of sp³-hybridized carbons (Fsp3) is 0.429. The molecule has 0 fully saturated rings. The first-order valence-corrected chi connectivity index (χ1v) is 30.7. The van der Waals surface area contributed by atoms with E-state index in [0.29, 0.717) is 11.8 Å². The van der Waals surface area contributed by atoms with Crippen molar-refractivity contribution in [1.82, 2.24) is 0 Å². The molecule has 252 valence electrons. The summed E-state index contributed by atoms with van der Waals surface area (Å²) in [6.07, 6.45) is 6.11. The molecular weight excluding hydrogens is 790 g/mol. The molecule has 0 spiro atoms. The number of aryl methyl sites for hydroxylation is 4. The standard InChI is InChI=1S/4C8H9.2C5H11O.O.2Sn/c4*1-2-8-6-4-3-5-7-8;2*1-5(2)3-4-6;;;/h4*3-7H,1-2H2;2*5H,3-4H2,1-2H3;;;/q;;;;2*-1;;2*+1. The van der Waals surface area contributed by atoms with Crippen molar-refractivity contribution in [2.24, 2.45) is 11.8 Å². The minimum absolute atomic E-state index is 0.592. The van der Waals surface area contributed by atoms with Gasteiger partial charge in [0.2, 0.25) is 0 Å². The van der Waals surface area contributed by atoms with Crippen molar-refractivity contribution in [3.63, 3.8) is 0 Å². The first-order valence-electron chi connectivity index (χ1n) is 18.0. The van der Waals surface area contributed by atoms with Crippen LogP contribution in [0.25, 0.3) is 0 Å². The van der Waals surface area contributed by atoms with E-state index in [0.717, 1.165) is 69.5 Å². The molecule has 0 aromatic heterocycles. The Hall–Kier alpha value is -1.64. The summed E-state index contributed by atoms with van der Waals surface area (Å²) in [6.45, 7) is 10.8. The van der Waals surface area contributed by atoms with Crippen LogP contribution < -0.4 is 0 Å². The first-order chi connectivity index (χ1) is 22.9. The second-order valence-electron chi connectivity index (χ2n) is 13.9. The Balaban J connectivity index is 1.74. The van der Waals surface area contributed by atoms with Gasteiger partial charge >= 0.3 is 299 Å². The van der Waals surface area contributed by atoms with Gasteiger partial charge in [0.1, 0.15) is 0 Å². The SMILES string of the molecule is CC(C)CC[O][Sn]([CH2]Cc1ccccc1)([CH2]Cc1ccccc1)[O][Sn]([CH2]Cc1ccccc1)([CH2]Cc1ccccc1)[O]CCC(C)C. The molecule has 0 radical (unpaired) electrons. The third kappa shape index (κ3) is 14.4. The first kappa shape index (κ1) is 38.2. The van der Waals surface area contributed by atoms with Crippen molar-refractivity contribution < 1.29 is 7.56 Å². The fourth-order valence-electron chi connectivity index (χ4n) is 6.02. The van der Waals surface area contributed by atoms with E-state index in [4.69, 9.17) is 7.56 Å². The van der Waals surface area contributed by atoms with Crippen LogP contribution in [0.4, 0.5) is 0 Å². The van der Waals surface area contributed by atoms with E-state index < -0.39 is 38.4 Å². The van der Waals surface area contributed by atoms with Gasteiger partial charge in [-0.15, -0.1) is 0 Å². The van der Waals surface area contributed by atoms with Crippen LogP contribution in [0.3, 0.4) is 0 Å². The van der Waals surface area contributed by atoms with Gasteiger partial charge in [0.15, 0.2) is 0 Å². The van der Waals surface area contributed by atoms with Gasteiger partial charge in [-0.25, -0.2) is 0 Å². The zero-order valence-corrected chi connectivity index (χ0v) is 35.1. The monoisotopic (exact) mass is 850 g/mol. The Morgan fingerprint density at radius 1 is 0.404 bits per heavy atom. The molecule has 0 aliphatic carbocycles. The Morgan fingerprint density at radius 2 is 0.660 bits per heavy atom. The second-order valence-corrected chi connectivity index (χ2v) is 36.2. The molecule has 0 aliphatic heterocycles. The van der Waals surface area contributed by atoms with Crippen molar-refractivity contribution in [2.45, 2.75) is 84.0 Å². The van der Waals surface area contributed by atoms with Crippen LogP contribution >= 0.6 is 0 Å². The van der Waals surface area contributed by atoms with E-state index in [1.165, 1.54) is 22.3 Å². The minimum atomic E-state index is -3.79. The summed E-state index contributed by atoms with van der Waals surface area (Å²) >= 11 is -7.57. The summed E-state index contributed by atoms with van der Waals surface area (Å²) in [6, 6.07) is 43.9. The summed E-state index contributed by atoms with van der Waals surface area (Å²) in [4.78, 5) is 0. The van der Waals surface area contributed by atoms with E-state index in [-0.39, 0.29) is 0 Å². The van der Waals surface area contributed by atoms with Crippen molar-refractivity contribution >= 4 is 38.4 Å². The van der Waals surface area contributed by atoms with Gasteiger partial charge in [-0.1, -0.05) is 0 Å². The predicted molar refractivity (Wildman–Crippen MR) is 203 cm³/mol. The van der Waals surface area contributed by atoms with Crippen molar-refractivity contribution in [2.75, 3.05) is 13.2 Å². The molecule has 0 amide bonds. The average Bonchev–Trinajstić information content (AvgIpc) is 3.09. The molecule has 4 rings (SSSR count). The van der Waals surface area contributed by atoms with Crippen LogP contribution in [-0.2, 0) is 33.2 Å². The Labute approximate surface area is 296 Å². The molecule has 0 heterocycles. The molecular formula is C42H58O3Sn2. The Bertz CT molecular complexity index is 1170. The summed E-state index contributed by atoms with van der Waals surface area (Å²) < 4.78 is 26.8. The fourth-order valence-corrected chi connectivity index (χ4v) is 46.0. The second kappa shape index (κ2) is 20.8. The molecule has 5 heteroatoms. The van der Waals surface area contributed by atoms with E-state index in [9.17, 15) is 0 Å². The number of benzene rings is 4. The van der Waals surface area contributed by atoms with Crippen LogP contribution in [0, 0.1) is 11.8 Å². The molecule has 4 aromatic rings. The van der Waals surface area contributed by atoms with E-state index >= 15 is 0 Å². The maximum atomic E-state index is 8.05. The topological polar surface area (TPSA) is 27.7 Å². The number of hydrogen-bond acceptors (Lipinski definition) is 3. The molecule has 0 aliphatic rings. The third-order valence-corrected chi connectivity index (χ3v) is 41.1. The average molecular weight is 848 g/mol. The van der Waals surface area contributed by atoms with Gasteiger partial charge in [-0.3, -0.25) is 0 Å². The molecule has 0 saturated heterocycles. The summed E-state index contributed by atoms with van der Waals surface area (Å²) in [5.41, 5.74) is 5.50. The van der Waals surface area contributed by atoms with E-state index in [2.05, 4.69) is 149 Å². The van der Waals surface area contributed by atoms with Crippen LogP contribution in [0.5, 0.6) is 0 Å². The molecule has 47 heavy (non-hydrogen) atoms. The van der Waals surface area contributed by atoms with Gasteiger partial charge < -0.3 is 0 Å². The quantitative estimate of drug-likeness (QED) is 0.0738. The van der Waals surface area contributed by atoms with Crippen LogP contribution in [-0.4, -0.2) is 51.6 Å². The van der Waals surface area contributed by atoms with E-state index in [1.807, 2.05) is 0 Å². The van der Waals surface area contributed by atoms with Crippen LogP contribution in [0.15, 0.2) is 121 Å². The summed E-state index contributed by atoms with van der Waals surface area (Å²) in [5.74, 6) is 1.18.